The summed E-state index contributed by atoms with van der Waals surface area (Å²) < 4.78 is 0. The second-order valence-corrected chi connectivity index (χ2v) is 4.00. The molecule has 0 aromatic rings. The molecule has 0 aliphatic heterocycles. The van der Waals surface area contributed by atoms with Gasteiger partial charge < -0.3 is 0 Å². The predicted molar refractivity (Wildman–Crippen MR) is 45.9 cm³/mol. The van der Waals surface area contributed by atoms with Gasteiger partial charge in [-0.2, -0.15) is 0 Å². The van der Waals surface area contributed by atoms with Crippen LogP contribution in [0.25, 0.3) is 0 Å². The lowest BCUT2D eigenvalue weighted by Gasteiger charge is -2.06. The maximum absolute atomic E-state index is 4.08. The van der Waals surface area contributed by atoms with Gasteiger partial charge in [0.25, 0.3) is 0 Å². The van der Waals surface area contributed by atoms with Crippen LogP contribution in [0.2, 0.25) is 0 Å². The first-order chi connectivity index (χ1) is 4.68. The van der Waals surface area contributed by atoms with E-state index in [0.717, 1.165) is 11.8 Å². The lowest BCUT2D eigenvalue weighted by molar-refractivity contribution is 0.614. The van der Waals surface area contributed by atoms with E-state index in [-0.39, 0.29) is 0 Å². The lowest BCUT2D eigenvalue weighted by Crippen LogP contribution is -1.91. The summed E-state index contributed by atoms with van der Waals surface area (Å²) >= 11 is 0. The quantitative estimate of drug-likeness (QED) is 0.522. The molecule has 1 aliphatic carbocycles. The fraction of sp³-hybridized carbons (Fsp3) is 0.800. The van der Waals surface area contributed by atoms with Gasteiger partial charge in [0.05, 0.1) is 0 Å². The van der Waals surface area contributed by atoms with Gasteiger partial charge in [-0.3, -0.25) is 0 Å². The molecule has 1 aliphatic rings. The zero-order valence-electron chi connectivity index (χ0n) is 7.19. The van der Waals surface area contributed by atoms with Crippen molar-refractivity contribution in [1.82, 2.24) is 0 Å². The normalized spacial score (nSPS) is 17.9. The Morgan fingerprint density at radius 2 is 2.10 bits per heavy atom. The van der Waals surface area contributed by atoms with Crippen LogP contribution in [0.4, 0.5) is 0 Å². The van der Waals surface area contributed by atoms with Crippen molar-refractivity contribution >= 4 is 0 Å². The van der Waals surface area contributed by atoms with Crippen LogP contribution in [-0.4, -0.2) is 0 Å². The summed E-state index contributed by atoms with van der Waals surface area (Å²) in [7, 11) is 0. The molecule has 0 bridgehead atoms. The van der Waals surface area contributed by atoms with E-state index in [1.54, 1.807) is 0 Å². The molecule has 0 saturated heterocycles. The molecule has 0 aromatic heterocycles. The molecule has 0 amide bonds. The second kappa shape index (κ2) is 3.23. The van der Waals surface area contributed by atoms with Crippen LogP contribution in [0, 0.1) is 11.8 Å². The van der Waals surface area contributed by atoms with Crippen molar-refractivity contribution in [2.24, 2.45) is 11.8 Å². The van der Waals surface area contributed by atoms with E-state index >= 15 is 0 Å². The van der Waals surface area contributed by atoms with Crippen molar-refractivity contribution in [2.75, 3.05) is 0 Å². The summed E-state index contributed by atoms with van der Waals surface area (Å²) in [5.41, 5.74) is 1.47. The van der Waals surface area contributed by atoms with Gasteiger partial charge in [0.15, 0.2) is 0 Å². The van der Waals surface area contributed by atoms with Gasteiger partial charge in [-0.05, 0) is 37.5 Å². The maximum atomic E-state index is 4.08. The predicted octanol–water partition coefficient (Wildman–Crippen LogP) is 3.39. The molecule has 0 N–H and O–H groups in total. The number of rotatable bonds is 4. The van der Waals surface area contributed by atoms with Gasteiger partial charge in [0.1, 0.15) is 0 Å². The van der Waals surface area contributed by atoms with E-state index in [1.807, 2.05) is 0 Å². The Morgan fingerprint density at radius 3 is 2.50 bits per heavy atom. The van der Waals surface area contributed by atoms with Crippen molar-refractivity contribution in [2.45, 2.75) is 39.5 Å². The average molecular weight is 138 g/mol. The standard InChI is InChI=1S/C10H18/c1-8(2)6-9(3)7-10-4-5-10/h8,10H,3-7H2,1-2H3. The third-order valence-electron chi connectivity index (χ3n) is 1.97. The molecular formula is C10H18. The largest absolute Gasteiger partial charge is 0.0998 e. The monoisotopic (exact) mass is 138 g/mol. The summed E-state index contributed by atoms with van der Waals surface area (Å²) in [6.45, 7) is 8.60. The highest BCUT2D eigenvalue weighted by atomic mass is 14.3. The van der Waals surface area contributed by atoms with Crippen LogP contribution < -0.4 is 0 Å². The van der Waals surface area contributed by atoms with E-state index in [2.05, 4.69) is 20.4 Å². The molecule has 10 heavy (non-hydrogen) atoms. The first-order valence-corrected chi connectivity index (χ1v) is 4.35. The zero-order chi connectivity index (χ0) is 7.56. The molecule has 1 fully saturated rings. The lowest BCUT2D eigenvalue weighted by atomic mass is 10.0. The van der Waals surface area contributed by atoms with E-state index in [0.29, 0.717) is 0 Å². The van der Waals surface area contributed by atoms with Crippen LogP contribution in [0.1, 0.15) is 39.5 Å². The van der Waals surface area contributed by atoms with Crippen molar-refractivity contribution in [3.8, 4) is 0 Å². The van der Waals surface area contributed by atoms with Gasteiger partial charge >= 0.3 is 0 Å². The first kappa shape index (κ1) is 7.84. The third kappa shape index (κ3) is 3.05. The van der Waals surface area contributed by atoms with E-state index in [4.69, 9.17) is 0 Å². The Kier molecular flexibility index (Phi) is 2.53. The Labute approximate surface area is 64.3 Å². The van der Waals surface area contributed by atoms with Gasteiger partial charge in [-0.15, -0.1) is 0 Å². The molecule has 1 saturated carbocycles. The molecule has 0 heteroatoms. The highest BCUT2D eigenvalue weighted by molar-refractivity contribution is 4.99. The van der Waals surface area contributed by atoms with Crippen LogP contribution >= 0.6 is 0 Å². The molecular weight excluding hydrogens is 120 g/mol. The van der Waals surface area contributed by atoms with Crippen LogP contribution in [-0.2, 0) is 0 Å². The van der Waals surface area contributed by atoms with E-state index in [9.17, 15) is 0 Å². The summed E-state index contributed by atoms with van der Waals surface area (Å²) in [6.07, 6.45) is 5.45. The van der Waals surface area contributed by atoms with Crippen molar-refractivity contribution in [3.63, 3.8) is 0 Å². The van der Waals surface area contributed by atoms with E-state index < -0.39 is 0 Å². The van der Waals surface area contributed by atoms with Crippen molar-refractivity contribution in [1.29, 1.82) is 0 Å². The molecule has 0 radical (unpaired) electrons. The second-order valence-electron chi connectivity index (χ2n) is 4.00. The zero-order valence-corrected chi connectivity index (χ0v) is 7.19. The number of allylic oxidation sites excluding steroid dienone is 1. The van der Waals surface area contributed by atoms with Gasteiger partial charge in [-0.1, -0.05) is 26.0 Å². The molecule has 0 heterocycles. The van der Waals surface area contributed by atoms with Crippen LogP contribution in [0.3, 0.4) is 0 Å². The van der Waals surface area contributed by atoms with Gasteiger partial charge in [0, 0.05) is 0 Å². The van der Waals surface area contributed by atoms with Crippen molar-refractivity contribution in [3.05, 3.63) is 12.2 Å². The molecule has 0 aromatic carbocycles. The first-order valence-electron chi connectivity index (χ1n) is 4.35. The topological polar surface area (TPSA) is 0 Å². The molecule has 0 unspecified atom stereocenters. The Bertz CT molecular complexity index is 112. The van der Waals surface area contributed by atoms with Gasteiger partial charge in [-0.25, -0.2) is 0 Å². The number of hydrogen-bond acceptors (Lipinski definition) is 0. The fourth-order valence-corrected chi connectivity index (χ4v) is 1.39. The smallest absolute Gasteiger partial charge is 0.0294 e. The summed E-state index contributed by atoms with van der Waals surface area (Å²) in [6, 6.07) is 0. The maximum Gasteiger partial charge on any atom is -0.0294 e. The highest BCUT2D eigenvalue weighted by Gasteiger charge is 2.21. The molecule has 0 nitrogen and oxygen atoms in total. The minimum absolute atomic E-state index is 0.797. The molecule has 1 rings (SSSR count). The van der Waals surface area contributed by atoms with Crippen LogP contribution in [0.5, 0.6) is 0 Å². The SMILES string of the molecule is C=C(CC(C)C)CC1CC1. The third-order valence-corrected chi connectivity index (χ3v) is 1.97. The van der Waals surface area contributed by atoms with Gasteiger partial charge in [0.2, 0.25) is 0 Å². The van der Waals surface area contributed by atoms with E-state index in [1.165, 1.54) is 31.3 Å². The van der Waals surface area contributed by atoms with Crippen molar-refractivity contribution < 1.29 is 0 Å². The summed E-state index contributed by atoms with van der Waals surface area (Å²) in [5, 5.41) is 0. The Balaban J connectivity index is 2.08. The molecule has 58 valence electrons. The summed E-state index contributed by atoms with van der Waals surface area (Å²) in [5.74, 6) is 1.82. The highest BCUT2D eigenvalue weighted by Crippen LogP contribution is 2.35. The number of hydrogen-bond donors (Lipinski definition) is 0. The molecule has 0 atom stereocenters. The molecule has 0 spiro atoms. The minimum Gasteiger partial charge on any atom is -0.0998 e. The van der Waals surface area contributed by atoms with Crippen LogP contribution in [0.15, 0.2) is 12.2 Å². The fourth-order valence-electron chi connectivity index (χ4n) is 1.39. The Morgan fingerprint density at radius 1 is 1.50 bits per heavy atom. The summed E-state index contributed by atoms with van der Waals surface area (Å²) in [4.78, 5) is 0. The minimum atomic E-state index is 0.797. The Hall–Kier alpha value is -0.260. The average Bonchev–Trinajstić information content (AvgIpc) is 2.46.